The van der Waals surface area contributed by atoms with Gasteiger partial charge >= 0.3 is 0 Å². The summed E-state index contributed by atoms with van der Waals surface area (Å²) in [6, 6.07) is 0. The maximum atomic E-state index is 6.19. The number of hydrogen-bond acceptors (Lipinski definition) is 4. The molecule has 0 aromatic rings. The highest BCUT2D eigenvalue weighted by molar-refractivity contribution is 4.82. The van der Waals surface area contributed by atoms with E-state index in [2.05, 4.69) is 20.8 Å². The van der Waals surface area contributed by atoms with Gasteiger partial charge in [0.1, 0.15) is 0 Å². The summed E-state index contributed by atoms with van der Waals surface area (Å²) in [4.78, 5) is 11.1. The van der Waals surface area contributed by atoms with Gasteiger partial charge in [-0.25, -0.2) is 9.78 Å². The molecule has 5 unspecified atom stereocenters. The van der Waals surface area contributed by atoms with E-state index in [9.17, 15) is 0 Å². The number of rotatable bonds is 0. The third-order valence-electron chi connectivity index (χ3n) is 6.01. The van der Waals surface area contributed by atoms with Gasteiger partial charge in [-0.15, -0.1) is 0 Å². The van der Waals surface area contributed by atoms with Crippen LogP contribution in [0.5, 0.6) is 0 Å². The van der Waals surface area contributed by atoms with Gasteiger partial charge in [-0.05, 0) is 50.4 Å². The molecule has 0 amide bonds. The fourth-order valence-electron chi connectivity index (χ4n) is 4.06. The van der Waals surface area contributed by atoms with Gasteiger partial charge in [0, 0.05) is 12.8 Å². The molecule has 3 saturated heterocycles. The van der Waals surface area contributed by atoms with Crippen LogP contribution in [0.1, 0.15) is 59.8 Å². The first-order valence-electron chi connectivity index (χ1n) is 8.61. The molecule has 0 saturated carbocycles. The third-order valence-corrected chi connectivity index (χ3v) is 6.01. The van der Waals surface area contributed by atoms with E-state index in [0.717, 1.165) is 19.3 Å². The molecule has 0 aromatic carbocycles. The van der Waals surface area contributed by atoms with Crippen molar-refractivity contribution in [3.63, 3.8) is 0 Å². The maximum absolute atomic E-state index is 6.19. The average molecular weight is 298 g/mol. The largest absolute Gasteiger partial charge is 0.349 e. The minimum Gasteiger partial charge on any atom is -0.349 e. The standard InChI is InChI=1S/C17H30O4/c1-11-5-6-14-9-16(19-13(3)12(14)2)20-17(4)8-7-15(11)10-18-21-17/h11-16H,5-10H2,1-4H3/t11?,12-,13?,14?,15?,16?,17-/m0/s1. The molecule has 0 radical (unpaired) electrons. The van der Waals surface area contributed by atoms with Crippen LogP contribution >= 0.6 is 0 Å². The highest BCUT2D eigenvalue weighted by atomic mass is 17.2. The predicted octanol–water partition coefficient (Wildman–Crippen LogP) is 3.89. The zero-order valence-corrected chi connectivity index (χ0v) is 13.8. The van der Waals surface area contributed by atoms with Gasteiger partial charge in [0.05, 0.1) is 12.7 Å². The van der Waals surface area contributed by atoms with E-state index in [1.165, 1.54) is 12.8 Å². The molecule has 0 spiro atoms. The van der Waals surface area contributed by atoms with E-state index in [1.54, 1.807) is 0 Å². The van der Waals surface area contributed by atoms with Crippen molar-refractivity contribution in [1.29, 1.82) is 0 Å². The van der Waals surface area contributed by atoms with Crippen LogP contribution in [0.25, 0.3) is 0 Å². The molecule has 4 bridgehead atoms. The molecule has 3 fully saturated rings. The predicted molar refractivity (Wildman–Crippen MR) is 79.3 cm³/mol. The molecule has 4 heteroatoms. The van der Waals surface area contributed by atoms with E-state index < -0.39 is 5.79 Å². The van der Waals surface area contributed by atoms with Crippen LogP contribution in [0.2, 0.25) is 0 Å². The quantitative estimate of drug-likeness (QED) is 0.636. The van der Waals surface area contributed by atoms with E-state index in [-0.39, 0.29) is 12.4 Å². The molecular formula is C17H30O4. The Morgan fingerprint density at radius 1 is 1.00 bits per heavy atom. The van der Waals surface area contributed by atoms with Crippen molar-refractivity contribution in [1.82, 2.24) is 0 Å². The highest BCUT2D eigenvalue weighted by Gasteiger charge is 2.42. The van der Waals surface area contributed by atoms with Crippen LogP contribution in [0, 0.1) is 23.7 Å². The molecular weight excluding hydrogens is 268 g/mol. The lowest BCUT2D eigenvalue weighted by molar-refractivity contribution is -0.447. The Morgan fingerprint density at radius 2 is 1.81 bits per heavy atom. The van der Waals surface area contributed by atoms with Crippen LogP contribution in [-0.4, -0.2) is 24.8 Å². The van der Waals surface area contributed by atoms with Crippen molar-refractivity contribution in [2.24, 2.45) is 23.7 Å². The first-order valence-corrected chi connectivity index (χ1v) is 8.61. The summed E-state index contributed by atoms with van der Waals surface area (Å²) in [6.07, 6.45) is 5.55. The van der Waals surface area contributed by atoms with Crippen LogP contribution in [0.15, 0.2) is 0 Å². The Morgan fingerprint density at radius 3 is 2.62 bits per heavy atom. The lowest BCUT2D eigenvalue weighted by atomic mass is 9.78. The normalized spacial score (nSPS) is 52.0. The summed E-state index contributed by atoms with van der Waals surface area (Å²) in [5.41, 5.74) is 0. The second kappa shape index (κ2) is 6.15. The van der Waals surface area contributed by atoms with Gasteiger partial charge in [0.15, 0.2) is 6.29 Å². The van der Waals surface area contributed by atoms with Crippen molar-refractivity contribution in [2.75, 3.05) is 6.61 Å². The van der Waals surface area contributed by atoms with Gasteiger partial charge in [-0.3, -0.25) is 0 Å². The molecule has 3 heterocycles. The fraction of sp³-hybridized carbons (Fsp3) is 1.00. The Balaban J connectivity index is 1.82. The fourth-order valence-corrected chi connectivity index (χ4v) is 4.06. The van der Waals surface area contributed by atoms with Crippen molar-refractivity contribution < 1.29 is 19.2 Å². The monoisotopic (exact) mass is 298 g/mol. The molecule has 21 heavy (non-hydrogen) atoms. The van der Waals surface area contributed by atoms with Crippen molar-refractivity contribution in [3.05, 3.63) is 0 Å². The second-order valence-electron chi connectivity index (χ2n) is 7.60. The first kappa shape index (κ1) is 15.7. The smallest absolute Gasteiger partial charge is 0.201 e. The highest BCUT2D eigenvalue weighted by Crippen LogP contribution is 2.41. The van der Waals surface area contributed by atoms with Gasteiger partial charge in [0.25, 0.3) is 0 Å². The minimum atomic E-state index is -0.672. The summed E-state index contributed by atoms with van der Waals surface area (Å²) in [6.45, 7) is 9.51. The van der Waals surface area contributed by atoms with E-state index >= 15 is 0 Å². The van der Waals surface area contributed by atoms with E-state index in [0.29, 0.717) is 30.3 Å². The van der Waals surface area contributed by atoms with Crippen molar-refractivity contribution in [2.45, 2.75) is 78.0 Å². The van der Waals surface area contributed by atoms with Crippen molar-refractivity contribution in [3.8, 4) is 0 Å². The molecule has 3 aliphatic rings. The molecule has 3 aliphatic heterocycles. The molecule has 0 aliphatic carbocycles. The number of hydrogen-bond donors (Lipinski definition) is 0. The van der Waals surface area contributed by atoms with Crippen LogP contribution in [0.4, 0.5) is 0 Å². The summed E-state index contributed by atoms with van der Waals surface area (Å²) in [5, 5.41) is 0. The second-order valence-corrected chi connectivity index (χ2v) is 7.60. The molecule has 4 nitrogen and oxygen atoms in total. The van der Waals surface area contributed by atoms with Crippen molar-refractivity contribution >= 4 is 0 Å². The summed E-state index contributed by atoms with van der Waals surface area (Å²) in [5.74, 6) is 1.86. The zero-order valence-electron chi connectivity index (χ0n) is 13.8. The molecule has 7 atom stereocenters. The van der Waals surface area contributed by atoms with E-state index in [1.807, 2.05) is 6.92 Å². The van der Waals surface area contributed by atoms with Gasteiger partial charge in [-0.1, -0.05) is 20.3 Å². The number of fused-ring (bicyclic) bond motifs is 5. The maximum Gasteiger partial charge on any atom is 0.201 e. The van der Waals surface area contributed by atoms with Crippen LogP contribution < -0.4 is 0 Å². The number of ether oxygens (including phenoxy) is 2. The van der Waals surface area contributed by atoms with Gasteiger partial charge < -0.3 is 9.47 Å². The summed E-state index contributed by atoms with van der Waals surface area (Å²) >= 11 is 0. The first-order chi connectivity index (χ1) is 9.97. The summed E-state index contributed by atoms with van der Waals surface area (Å²) < 4.78 is 12.3. The summed E-state index contributed by atoms with van der Waals surface area (Å²) in [7, 11) is 0. The Bertz CT molecular complexity index is 361. The third kappa shape index (κ3) is 3.44. The Hall–Kier alpha value is -0.160. The molecule has 0 aromatic heterocycles. The molecule has 122 valence electrons. The molecule has 3 rings (SSSR count). The molecule has 0 N–H and O–H groups in total. The average Bonchev–Trinajstić information content (AvgIpc) is 2.62. The Labute approximate surface area is 128 Å². The minimum absolute atomic E-state index is 0.167. The Kier molecular flexibility index (Phi) is 4.60. The zero-order chi connectivity index (χ0) is 15.0. The van der Waals surface area contributed by atoms with Gasteiger partial charge in [0.2, 0.25) is 5.79 Å². The van der Waals surface area contributed by atoms with Crippen LogP contribution in [0.3, 0.4) is 0 Å². The topological polar surface area (TPSA) is 36.9 Å². The SMILES string of the molecule is CC1CCC2CC(OC(C)[C@@H]2C)O[C@]2(C)CCC1COO2. The lowest BCUT2D eigenvalue weighted by Gasteiger charge is -2.42. The van der Waals surface area contributed by atoms with E-state index in [4.69, 9.17) is 19.2 Å². The van der Waals surface area contributed by atoms with Crippen LogP contribution in [-0.2, 0) is 19.2 Å². The van der Waals surface area contributed by atoms with Gasteiger partial charge in [-0.2, -0.15) is 0 Å². The lowest BCUT2D eigenvalue weighted by Crippen LogP contribution is -2.44.